The zero-order valence-corrected chi connectivity index (χ0v) is 16.4. The Morgan fingerprint density at radius 1 is 0.929 bits per heavy atom. The quantitative estimate of drug-likeness (QED) is 0.831. The summed E-state index contributed by atoms with van der Waals surface area (Å²) in [6.07, 6.45) is 3.68. The van der Waals surface area contributed by atoms with Gasteiger partial charge in [0.2, 0.25) is 5.91 Å². The molecule has 2 aromatic carbocycles. The van der Waals surface area contributed by atoms with Gasteiger partial charge in [-0.1, -0.05) is 30.3 Å². The molecular weight excluding hydrogens is 350 g/mol. The summed E-state index contributed by atoms with van der Waals surface area (Å²) >= 11 is 0. The first kappa shape index (κ1) is 18.8. The van der Waals surface area contributed by atoms with Crippen LogP contribution in [-0.4, -0.2) is 45.3 Å². The molecule has 4 rings (SSSR count). The lowest BCUT2D eigenvalue weighted by molar-refractivity contribution is -0.116. The first-order valence-corrected chi connectivity index (χ1v) is 10.3. The molecule has 0 bridgehead atoms. The summed E-state index contributed by atoms with van der Waals surface area (Å²) in [5, 5.41) is 3.20. The highest BCUT2D eigenvalue weighted by Gasteiger charge is 2.19. The van der Waals surface area contributed by atoms with Gasteiger partial charge in [-0.05, 0) is 43.0 Å². The van der Waals surface area contributed by atoms with Crippen LogP contribution in [0.15, 0.2) is 48.5 Å². The molecule has 0 radical (unpaired) electrons. The van der Waals surface area contributed by atoms with Crippen molar-refractivity contribution < 1.29 is 9.53 Å². The lowest BCUT2D eigenvalue weighted by Crippen LogP contribution is -2.36. The molecule has 5 nitrogen and oxygen atoms in total. The second-order valence-corrected chi connectivity index (χ2v) is 7.53. The molecule has 1 amide bonds. The van der Waals surface area contributed by atoms with E-state index in [9.17, 15) is 4.79 Å². The van der Waals surface area contributed by atoms with Gasteiger partial charge in [0.05, 0.1) is 24.6 Å². The lowest BCUT2D eigenvalue weighted by Gasteiger charge is -2.30. The third-order valence-electron chi connectivity index (χ3n) is 5.56. The van der Waals surface area contributed by atoms with Crippen molar-refractivity contribution in [1.82, 2.24) is 0 Å². The Balaban J connectivity index is 1.49. The van der Waals surface area contributed by atoms with E-state index in [0.29, 0.717) is 6.42 Å². The van der Waals surface area contributed by atoms with Crippen LogP contribution in [0.1, 0.15) is 24.8 Å². The summed E-state index contributed by atoms with van der Waals surface area (Å²) in [4.78, 5) is 17.4. The maximum absolute atomic E-state index is 12.7. The van der Waals surface area contributed by atoms with Crippen molar-refractivity contribution in [1.29, 1.82) is 0 Å². The third-order valence-corrected chi connectivity index (χ3v) is 5.56. The predicted molar refractivity (Wildman–Crippen MR) is 114 cm³/mol. The summed E-state index contributed by atoms with van der Waals surface area (Å²) < 4.78 is 5.48. The first-order chi connectivity index (χ1) is 13.8. The van der Waals surface area contributed by atoms with Crippen LogP contribution in [0, 0.1) is 0 Å². The Labute approximate surface area is 167 Å². The molecule has 2 heterocycles. The molecule has 5 heteroatoms. The number of rotatable bonds is 6. The van der Waals surface area contributed by atoms with Crippen LogP contribution in [0.4, 0.5) is 17.1 Å². The van der Waals surface area contributed by atoms with E-state index in [2.05, 4.69) is 45.4 Å². The minimum atomic E-state index is 0.0726. The van der Waals surface area contributed by atoms with Crippen molar-refractivity contribution in [3.05, 3.63) is 54.1 Å². The van der Waals surface area contributed by atoms with E-state index >= 15 is 0 Å². The number of nitrogens with one attached hydrogen (secondary N) is 1. The van der Waals surface area contributed by atoms with Gasteiger partial charge < -0.3 is 19.9 Å². The van der Waals surface area contributed by atoms with Crippen molar-refractivity contribution >= 4 is 23.0 Å². The fourth-order valence-electron chi connectivity index (χ4n) is 3.99. The van der Waals surface area contributed by atoms with Crippen molar-refractivity contribution in [3.8, 4) is 0 Å². The monoisotopic (exact) mass is 379 g/mol. The second-order valence-electron chi connectivity index (χ2n) is 7.53. The van der Waals surface area contributed by atoms with Crippen molar-refractivity contribution in [3.63, 3.8) is 0 Å². The van der Waals surface area contributed by atoms with Gasteiger partial charge in [-0.25, -0.2) is 0 Å². The number of benzene rings is 2. The van der Waals surface area contributed by atoms with E-state index in [0.717, 1.165) is 62.9 Å². The zero-order chi connectivity index (χ0) is 19.2. The van der Waals surface area contributed by atoms with E-state index in [-0.39, 0.29) is 5.91 Å². The second kappa shape index (κ2) is 9.11. The van der Waals surface area contributed by atoms with E-state index in [1.54, 1.807) is 0 Å². The molecule has 2 fully saturated rings. The SMILES string of the molecule is O=C(CCc1ccccc1)Nc1cc(N2CCOCC2)ccc1N1CCCC1. The number of nitrogens with zero attached hydrogens (tertiary/aromatic N) is 2. The van der Waals surface area contributed by atoms with E-state index in [1.165, 1.54) is 18.4 Å². The standard InChI is InChI=1S/C23H29N3O2/c27-23(11-8-19-6-2-1-3-7-19)24-21-18-20(25-14-16-28-17-15-25)9-10-22(21)26-12-4-5-13-26/h1-3,6-7,9-10,18H,4-5,8,11-17H2,(H,24,27). The minimum Gasteiger partial charge on any atom is -0.378 e. The Morgan fingerprint density at radius 3 is 2.43 bits per heavy atom. The van der Waals surface area contributed by atoms with Crippen LogP contribution in [0.25, 0.3) is 0 Å². The molecule has 148 valence electrons. The summed E-state index contributed by atoms with van der Waals surface area (Å²) in [7, 11) is 0. The van der Waals surface area contributed by atoms with Gasteiger partial charge in [0.25, 0.3) is 0 Å². The number of anilines is 3. The molecule has 0 spiro atoms. The number of aryl methyl sites for hydroxylation is 1. The molecule has 0 unspecified atom stereocenters. The normalized spacial score (nSPS) is 17.0. The molecule has 1 N–H and O–H groups in total. The average molecular weight is 380 g/mol. The zero-order valence-electron chi connectivity index (χ0n) is 16.4. The number of carbonyl (C=O) groups is 1. The number of ether oxygens (including phenoxy) is 1. The van der Waals surface area contributed by atoms with E-state index in [4.69, 9.17) is 4.74 Å². The van der Waals surface area contributed by atoms with Gasteiger partial charge in [0, 0.05) is 38.3 Å². The Morgan fingerprint density at radius 2 is 1.68 bits per heavy atom. The number of hydrogen-bond acceptors (Lipinski definition) is 4. The number of hydrogen-bond donors (Lipinski definition) is 1. The maximum atomic E-state index is 12.7. The molecule has 0 aromatic heterocycles. The molecular formula is C23H29N3O2. The molecule has 0 aliphatic carbocycles. The van der Waals surface area contributed by atoms with Gasteiger partial charge >= 0.3 is 0 Å². The highest BCUT2D eigenvalue weighted by atomic mass is 16.5. The summed E-state index contributed by atoms with van der Waals surface area (Å²) in [6.45, 7) is 5.42. The van der Waals surface area contributed by atoms with Crippen LogP contribution >= 0.6 is 0 Å². The van der Waals surface area contributed by atoms with E-state index < -0.39 is 0 Å². The van der Waals surface area contributed by atoms with Crippen molar-refractivity contribution in [2.75, 3.05) is 54.5 Å². The van der Waals surface area contributed by atoms with Crippen molar-refractivity contribution in [2.45, 2.75) is 25.7 Å². The Hall–Kier alpha value is -2.53. The molecule has 2 aliphatic heterocycles. The van der Waals surface area contributed by atoms with Gasteiger partial charge in [-0.3, -0.25) is 4.79 Å². The highest BCUT2D eigenvalue weighted by Crippen LogP contribution is 2.33. The number of morpholine rings is 1. The molecule has 0 saturated carbocycles. The smallest absolute Gasteiger partial charge is 0.224 e. The van der Waals surface area contributed by atoms with Crippen LogP contribution in [-0.2, 0) is 16.0 Å². The predicted octanol–water partition coefficient (Wildman–Crippen LogP) is 3.69. The van der Waals surface area contributed by atoms with Gasteiger partial charge in [0.1, 0.15) is 0 Å². The average Bonchev–Trinajstić information content (AvgIpc) is 3.28. The number of carbonyl (C=O) groups excluding carboxylic acids is 1. The van der Waals surface area contributed by atoms with Gasteiger partial charge in [0.15, 0.2) is 0 Å². The molecule has 2 aliphatic rings. The molecule has 2 saturated heterocycles. The van der Waals surface area contributed by atoms with Gasteiger partial charge in [-0.15, -0.1) is 0 Å². The first-order valence-electron chi connectivity index (χ1n) is 10.3. The molecule has 28 heavy (non-hydrogen) atoms. The highest BCUT2D eigenvalue weighted by molar-refractivity contribution is 5.95. The van der Waals surface area contributed by atoms with Crippen molar-refractivity contribution in [2.24, 2.45) is 0 Å². The Kier molecular flexibility index (Phi) is 6.12. The van der Waals surface area contributed by atoms with Crippen LogP contribution < -0.4 is 15.1 Å². The van der Waals surface area contributed by atoms with Crippen LogP contribution in [0.5, 0.6) is 0 Å². The summed E-state index contributed by atoms with van der Waals surface area (Å²) in [6, 6.07) is 16.7. The molecule has 2 aromatic rings. The van der Waals surface area contributed by atoms with Crippen LogP contribution in [0.3, 0.4) is 0 Å². The summed E-state index contributed by atoms with van der Waals surface area (Å²) in [5.74, 6) is 0.0726. The fraction of sp³-hybridized carbons (Fsp3) is 0.435. The lowest BCUT2D eigenvalue weighted by atomic mass is 10.1. The van der Waals surface area contributed by atoms with E-state index in [1.807, 2.05) is 18.2 Å². The van der Waals surface area contributed by atoms with Gasteiger partial charge in [-0.2, -0.15) is 0 Å². The fourth-order valence-corrected chi connectivity index (χ4v) is 3.99. The Bertz CT molecular complexity index is 782. The maximum Gasteiger partial charge on any atom is 0.224 e. The van der Waals surface area contributed by atoms with Crippen LogP contribution in [0.2, 0.25) is 0 Å². The third kappa shape index (κ3) is 4.65. The molecule has 0 atom stereocenters. The largest absolute Gasteiger partial charge is 0.378 e. The summed E-state index contributed by atoms with van der Waals surface area (Å²) in [5.41, 5.74) is 4.43. The topological polar surface area (TPSA) is 44.8 Å². The minimum absolute atomic E-state index is 0.0726. The number of amides is 1.